The number of nitrogens with one attached hydrogen (secondary N) is 1. The average Bonchev–Trinajstić information content (AvgIpc) is 2.32. The third kappa shape index (κ3) is 2.51. The third-order valence-electron chi connectivity index (χ3n) is 2.46. The number of amides is 1. The number of hydrogen-bond donors (Lipinski definition) is 1. The fraction of sp³-hybridized carbons (Fsp3) is 0.0769. The molecule has 0 aliphatic heterocycles. The molecule has 2 rings (SSSR count). The molecular weight excluding hydrogens is 238 g/mol. The molecule has 18 heavy (non-hydrogen) atoms. The number of aromatic nitrogens is 1. The zero-order chi connectivity index (χ0) is 13.1. The summed E-state index contributed by atoms with van der Waals surface area (Å²) in [6.45, 7) is 1.79. The van der Waals surface area contributed by atoms with Crippen LogP contribution < -0.4 is 5.32 Å². The lowest BCUT2D eigenvalue weighted by atomic mass is 10.2. The first-order valence-corrected chi connectivity index (χ1v) is 5.25. The number of benzene rings is 1. The Labute approximate surface area is 102 Å². The van der Waals surface area contributed by atoms with E-state index in [1.165, 1.54) is 6.20 Å². The highest BCUT2D eigenvalue weighted by atomic mass is 19.1. The van der Waals surface area contributed by atoms with Crippen molar-refractivity contribution in [3.63, 3.8) is 0 Å². The minimum Gasteiger partial charge on any atom is -0.320 e. The van der Waals surface area contributed by atoms with Crippen LogP contribution in [-0.4, -0.2) is 10.9 Å². The van der Waals surface area contributed by atoms with Gasteiger partial charge in [0.1, 0.15) is 11.6 Å². The van der Waals surface area contributed by atoms with Crippen LogP contribution in [0.1, 0.15) is 15.9 Å². The second-order valence-corrected chi connectivity index (χ2v) is 3.77. The first kappa shape index (κ1) is 12.2. The van der Waals surface area contributed by atoms with Gasteiger partial charge < -0.3 is 5.32 Å². The number of hydrogen-bond acceptors (Lipinski definition) is 2. The molecule has 0 radical (unpaired) electrons. The van der Waals surface area contributed by atoms with Crippen molar-refractivity contribution in [3.8, 4) is 0 Å². The largest absolute Gasteiger partial charge is 0.320 e. The van der Waals surface area contributed by atoms with Gasteiger partial charge in [0.25, 0.3) is 5.91 Å². The summed E-state index contributed by atoms with van der Waals surface area (Å²) in [5, 5.41) is 2.52. The molecule has 0 aliphatic rings. The molecule has 0 aliphatic carbocycles. The maximum Gasteiger partial charge on any atom is 0.258 e. The van der Waals surface area contributed by atoms with Gasteiger partial charge in [-0.15, -0.1) is 0 Å². The number of pyridine rings is 1. The number of nitrogens with zero attached hydrogens (tertiary/aromatic N) is 1. The molecule has 1 amide bonds. The van der Waals surface area contributed by atoms with Crippen molar-refractivity contribution in [2.75, 3.05) is 5.32 Å². The SMILES string of the molecule is Cc1ccncc1NC(=O)c1ccc(F)cc1F. The van der Waals surface area contributed by atoms with Crippen molar-refractivity contribution in [3.05, 3.63) is 59.4 Å². The molecule has 0 bridgehead atoms. The molecule has 0 fully saturated rings. The smallest absolute Gasteiger partial charge is 0.258 e. The summed E-state index contributed by atoms with van der Waals surface area (Å²) in [5.74, 6) is -2.25. The van der Waals surface area contributed by atoms with Crippen molar-refractivity contribution in [1.82, 2.24) is 4.98 Å². The van der Waals surface area contributed by atoms with Crippen molar-refractivity contribution in [1.29, 1.82) is 0 Å². The van der Waals surface area contributed by atoms with Gasteiger partial charge in [-0.3, -0.25) is 9.78 Å². The molecule has 1 aromatic carbocycles. The molecule has 0 saturated carbocycles. The lowest BCUT2D eigenvalue weighted by Crippen LogP contribution is -2.14. The number of carbonyl (C=O) groups excluding carboxylic acids is 1. The van der Waals surface area contributed by atoms with Crippen molar-refractivity contribution in [2.45, 2.75) is 6.92 Å². The fourth-order valence-corrected chi connectivity index (χ4v) is 1.46. The molecule has 2 aromatic rings. The van der Waals surface area contributed by atoms with E-state index in [4.69, 9.17) is 0 Å². The summed E-state index contributed by atoms with van der Waals surface area (Å²) in [7, 11) is 0. The molecule has 1 heterocycles. The van der Waals surface area contributed by atoms with Crippen LogP contribution in [0, 0.1) is 18.6 Å². The highest BCUT2D eigenvalue weighted by Gasteiger charge is 2.13. The van der Waals surface area contributed by atoms with E-state index < -0.39 is 17.5 Å². The average molecular weight is 248 g/mol. The molecule has 1 aromatic heterocycles. The molecule has 3 nitrogen and oxygen atoms in total. The zero-order valence-electron chi connectivity index (χ0n) is 9.58. The predicted octanol–water partition coefficient (Wildman–Crippen LogP) is 2.92. The Morgan fingerprint density at radius 2 is 2.06 bits per heavy atom. The van der Waals surface area contributed by atoms with Gasteiger partial charge >= 0.3 is 0 Å². The maximum atomic E-state index is 13.4. The highest BCUT2D eigenvalue weighted by Crippen LogP contribution is 2.15. The van der Waals surface area contributed by atoms with Crippen LogP contribution in [0.5, 0.6) is 0 Å². The van der Waals surface area contributed by atoms with Crippen LogP contribution in [0.25, 0.3) is 0 Å². The Kier molecular flexibility index (Phi) is 3.32. The van der Waals surface area contributed by atoms with Gasteiger partial charge in [-0.1, -0.05) is 0 Å². The minimum atomic E-state index is -0.894. The summed E-state index contributed by atoms with van der Waals surface area (Å²) < 4.78 is 26.1. The molecule has 92 valence electrons. The third-order valence-corrected chi connectivity index (χ3v) is 2.46. The van der Waals surface area contributed by atoms with E-state index in [2.05, 4.69) is 10.3 Å². The second kappa shape index (κ2) is 4.91. The van der Waals surface area contributed by atoms with E-state index in [0.29, 0.717) is 11.8 Å². The van der Waals surface area contributed by atoms with Gasteiger partial charge in [0, 0.05) is 12.3 Å². The monoisotopic (exact) mass is 248 g/mol. The van der Waals surface area contributed by atoms with Crippen LogP contribution in [-0.2, 0) is 0 Å². The zero-order valence-corrected chi connectivity index (χ0v) is 9.58. The molecule has 0 spiro atoms. The van der Waals surface area contributed by atoms with Crippen LogP contribution in [0.2, 0.25) is 0 Å². The van der Waals surface area contributed by atoms with E-state index >= 15 is 0 Å². The quantitative estimate of drug-likeness (QED) is 0.887. The normalized spacial score (nSPS) is 10.2. The minimum absolute atomic E-state index is 0.209. The van der Waals surface area contributed by atoms with Gasteiger partial charge in [0.15, 0.2) is 0 Å². The Bertz CT molecular complexity index is 599. The molecule has 0 atom stereocenters. The number of anilines is 1. The summed E-state index contributed by atoms with van der Waals surface area (Å²) in [4.78, 5) is 15.7. The van der Waals surface area contributed by atoms with Gasteiger partial charge in [-0.05, 0) is 30.7 Å². The first-order chi connectivity index (χ1) is 8.58. The lowest BCUT2D eigenvalue weighted by molar-refractivity contribution is 0.102. The summed E-state index contributed by atoms with van der Waals surface area (Å²) >= 11 is 0. The van der Waals surface area contributed by atoms with Gasteiger partial charge in [-0.2, -0.15) is 0 Å². The molecule has 5 heteroatoms. The van der Waals surface area contributed by atoms with Gasteiger partial charge in [-0.25, -0.2) is 8.78 Å². The topological polar surface area (TPSA) is 42.0 Å². The Morgan fingerprint density at radius 3 is 2.72 bits per heavy atom. The summed E-state index contributed by atoms with van der Waals surface area (Å²) in [5.41, 5.74) is 1.09. The van der Waals surface area contributed by atoms with Crippen LogP contribution >= 0.6 is 0 Å². The van der Waals surface area contributed by atoms with E-state index in [9.17, 15) is 13.6 Å². The first-order valence-electron chi connectivity index (χ1n) is 5.25. The molecule has 1 N–H and O–H groups in total. The van der Waals surface area contributed by atoms with Gasteiger partial charge in [0.2, 0.25) is 0 Å². The Hall–Kier alpha value is -2.30. The standard InChI is InChI=1S/C13H10F2N2O/c1-8-4-5-16-7-12(8)17-13(18)10-3-2-9(14)6-11(10)15/h2-7H,1H3,(H,17,18). The van der Waals surface area contributed by atoms with Crippen LogP contribution in [0.3, 0.4) is 0 Å². The summed E-state index contributed by atoms with van der Waals surface area (Å²) in [6, 6.07) is 4.53. The summed E-state index contributed by atoms with van der Waals surface area (Å²) in [6.07, 6.45) is 3.05. The Morgan fingerprint density at radius 1 is 1.28 bits per heavy atom. The predicted molar refractivity (Wildman–Crippen MR) is 63.3 cm³/mol. The Balaban J connectivity index is 2.25. The molecular formula is C13H10F2N2O. The number of halogens is 2. The number of rotatable bonds is 2. The van der Waals surface area contributed by atoms with E-state index in [1.54, 1.807) is 19.2 Å². The van der Waals surface area contributed by atoms with E-state index in [1.807, 2.05) is 0 Å². The molecule has 0 unspecified atom stereocenters. The lowest BCUT2D eigenvalue weighted by Gasteiger charge is -2.08. The number of aryl methyl sites for hydroxylation is 1. The van der Waals surface area contributed by atoms with Crippen molar-refractivity contribution < 1.29 is 13.6 Å². The molecule has 0 saturated heterocycles. The van der Waals surface area contributed by atoms with E-state index in [-0.39, 0.29) is 5.56 Å². The maximum absolute atomic E-state index is 13.4. The fourth-order valence-electron chi connectivity index (χ4n) is 1.46. The highest BCUT2D eigenvalue weighted by molar-refractivity contribution is 6.04. The van der Waals surface area contributed by atoms with Crippen LogP contribution in [0.4, 0.5) is 14.5 Å². The van der Waals surface area contributed by atoms with Crippen molar-refractivity contribution in [2.24, 2.45) is 0 Å². The second-order valence-electron chi connectivity index (χ2n) is 3.77. The van der Waals surface area contributed by atoms with E-state index in [0.717, 1.165) is 17.7 Å². The van der Waals surface area contributed by atoms with Gasteiger partial charge in [0.05, 0.1) is 17.4 Å². The van der Waals surface area contributed by atoms with Crippen LogP contribution in [0.15, 0.2) is 36.7 Å². The number of carbonyl (C=O) groups is 1. The van der Waals surface area contributed by atoms with Crippen molar-refractivity contribution >= 4 is 11.6 Å².